The van der Waals surface area contributed by atoms with Crippen molar-refractivity contribution in [2.75, 3.05) is 26.4 Å². The molecule has 81 heavy (non-hydrogen) atoms. The Kier molecular flexibility index (Phi) is 66.4. The number of ether oxygens (including phenoxy) is 2. The summed E-state index contributed by atoms with van der Waals surface area (Å²) < 4.78 is 33.2. The first-order chi connectivity index (χ1) is 39.8. The van der Waals surface area contributed by atoms with Gasteiger partial charge in [-0.3, -0.25) is 18.6 Å². The molecular formula is C71H138NO8P. The molecule has 2 atom stereocenters. The van der Waals surface area contributed by atoms with Gasteiger partial charge in [0, 0.05) is 19.4 Å². The maximum atomic E-state index is 12.7. The van der Waals surface area contributed by atoms with Crippen LogP contribution < -0.4 is 5.73 Å². The van der Waals surface area contributed by atoms with E-state index in [1.165, 1.54) is 308 Å². The lowest BCUT2D eigenvalue weighted by atomic mass is 10.0. The van der Waals surface area contributed by atoms with Crippen LogP contribution >= 0.6 is 7.82 Å². The van der Waals surface area contributed by atoms with Crippen molar-refractivity contribution in [3.8, 4) is 0 Å². The molecule has 0 amide bonds. The summed E-state index contributed by atoms with van der Waals surface area (Å²) >= 11 is 0. The Labute approximate surface area is 503 Å². The second kappa shape index (κ2) is 67.6. The van der Waals surface area contributed by atoms with Crippen LogP contribution in [0.3, 0.4) is 0 Å². The van der Waals surface area contributed by atoms with Crippen LogP contribution in [0.25, 0.3) is 0 Å². The van der Waals surface area contributed by atoms with Crippen LogP contribution in [0, 0.1) is 0 Å². The molecule has 9 nitrogen and oxygen atoms in total. The quantitative estimate of drug-likeness (QED) is 0.0264. The standard InChI is InChI=1S/C71H138NO8P/c1-3-5-7-9-11-13-15-17-19-21-23-25-27-28-29-30-31-32-33-34-35-36-37-38-39-40-42-43-45-47-49-51-53-55-57-59-61-63-70(73)77-67-69(68-79-81(75,76)78-66-65-72)80-71(74)64-62-60-58-56-54-52-50-48-46-44-41-26-24-22-20-18-16-14-12-10-8-6-4-2/h16,18,22,24,69H,3-15,17,19-21,23,25-68,72H2,1-2H3,(H,75,76)/b18-16-,24-22-. The maximum absolute atomic E-state index is 12.7. The van der Waals surface area contributed by atoms with E-state index in [2.05, 4.69) is 38.2 Å². The first kappa shape index (κ1) is 79.5. The number of rotatable bonds is 69. The number of hydrogen-bond acceptors (Lipinski definition) is 8. The van der Waals surface area contributed by atoms with Gasteiger partial charge in [0.2, 0.25) is 0 Å². The summed E-state index contributed by atoms with van der Waals surface area (Å²) in [5.74, 6) is -0.808. The minimum atomic E-state index is -4.39. The fourth-order valence-corrected chi connectivity index (χ4v) is 11.8. The highest BCUT2D eigenvalue weighted by Crippen LogP contribution is 2.43. The number of unbranched alkanes of at least 4 members (excludes halogenated alkanes) is 52. The predicted octanol–water partition coefficient (Wildman–Crippen LogP) is 23.3. The Balaban J connectivity index is 3.76. The van der Waals surface area contributed by atoms with Crippen molar-refractivity contribution in [1.82, 2.24) is 0 Å². The Morgan fingerprint density at radius 2 is 0.642 bits per heavy atom. The van der Waals surface area contributed by atoms with E-state index < -0.39 is 26.5 Å². The molecule has 0 heterocycles. The van der Waals surface area contributed by atoms with E-state index in [-0.39, 0.29) is 38.6 Å². The lowest BCUT2D eigenvalue weighted by molar-refractivity contribution is -0.161. The number of hydrogen-bond donors (Lipinski definition) is 2. The lowest BCUT2D eigenvalue weighted by Gasteiger charge is -2.19. The molecule has 0 rings (SSSR count). The van der Waals surface area contributed by atoms with Gasteiger partial charge in [0.1, 0.15) is 6.61 Å². The number of esters is 2. The molecule has 0 aromatic carbocycles. The van der Waals surface area contributed by atoms with Crippen molar-refractivity contribution in [1.29, 1.82) is 0 Å². The SMILES string of the molecule is CCCCCCC/C=C\C/C=C\CCCCCCCCCCCCCC(=O)OC(COC(=O)CCCCCCCCCCCCCCCCCCCCCCCCCCCCCCCCCCCCCCC)COP(=O)(O)OCCN. The average Bonchev–Trinajstić information content (AvgIpc) is 3.46. The molecule has 0 aliphatic carbocycles. The smallest absolute Gasteiger partial charge is 0.462 e. The van der Waals surface area contributed by atoms with E-state index in [0.717, 1.165) is 44.9 Å². The van der Waals surface area contributed by atoms with Crippen LogP contribution in [0.2, 0.25) is 0 Å². The van der Waals surface area contributed by atoms with Gasteiger partial charge in [-0.05, 0) is 44.9 Å². The van der Waals surface area contributed by atoms with Crippen molar-refractivity contribution >= 4 is 19.8 Å². The zero-order chi connectivity index (χ0) is 58.7. The van der Waals surface area contributed by atoms with Crippen molar-refractivity contribution in [2.24, 2.45) is 5.73 Å². The van der Waals surface area contributed by atoms with E-state index in [9.17, 15) is 19.0 Å². The van der Waals surface area contributed by atoms with Gasteiger partial charge >= 0.3 is 19.8 Å². The highest BCUT2D eigenvalue weighted by atomic mass is 31.2. The molecule has 3 N–H and O–H groups in total. The van der Waals surface area contributed by atoms with Gasteiger partial charge < -0.3 is 20.1 Å². The van der Waals surface area contributed by atoms with Crippen molar-refractivity contribution in [3.05, 3.63) is 24.3 Å². The zero-order valence-corrected chi connectivity index (χ0v) is 55.0. The molecule has 0 aromatic rings. The Morgan fingerprint density at radius 1 is 0.370 bits per heavy atom. The van der Waals surface area contributed by atoms with Gasteiger partial charge in [-0.15, -0.1) is 0 Å². The van der Waals surface area contributed by atoms with E-state index in [4.69, 9.17) is 24.3 Å². The minimum Gasteiger partial charge on any atom is -0.462 e. The van der Waals surface area contributed by atoms with Gasteiger partial charge in [0.15, 0.2) is 6.10 Å². The monoisotopic (exact) mass is 1160 g/mol. The fourth-order valence-electron chi connectivity index (χ4n) is 11.0. The van der Waals surface area contributed by atoms with Gasteiger partial charge in [0.05, 0.1) is 13.2 Å². The molecule has 480 valence electrons. The molecule has 0 fully saturated rings. The highest BCUT2D eigenvalue weighted by Gasteiger charge is 2.26. The van der Waals surface area contributed by atoms with Crippen LogP contribution in [0.4, 0.5) is 0 Å². The molecule has 10 heteroatoms. The number of phosphoric ester groups is 1. The van der Waals surface area contributed by atoms with E-state index in [1.54, 1.807) is 0 Å². The van der Waals surface area contributed by atoms with E-state index in [0.29, 0.717) is 6.42 Å². The Bertz CT molecular complexity index is 1380. The molecule has 0 radical (unpaired) electrons. The lowest BCUT2D eigenvalue weighted by Crippen LogP contribution is -2.29. The molecule has 0 saturated heterocycles. The fraction of sp³-hybridized carbons (Fsp3) is 0.915. The van der Waals surface area contributed by atoms with Gasteiger partial charge in [-0.2, -0.15) is 0 Å². The second-order valence-electron chi connectivity index (χ2n) is 24.5. The summed E-state index contributed by atoms with van der Waals surface area (Å²) in [7, 11) is -4.39. The van der Waals surface area contributed by atoms with Crippen LogP contribution in [-0.4, -0.2) is 49.3 Å². The zero-order valence-electron chi connectivity index (χ0n) is 54.1. The first-order valence-electron chi connectivity index (χ1n) is 35.8. The second-order valence-corrected chi connectivity index (χ2v) is 25.9. The van der Waals surface area contributed by atoms with Gasteiger partial charge in [-0.1, -0.05) is 353 Å². The summed E-state index contributed by atoms with van der Waals surface area (Å²) in [6.45, 7) is 3.81. The third kappa shape index (κ3) is 67.5. The summed E-state index contributed by atoms with van der Waals surface area (Å²) in [5.41, 5.74) is 5.40. The van der Waals surface area contributed by atoms with E-state index >= 15 is 0 Å². The number of phosphoric acid groups is 1. The Hall–Kier alpha value is -1.51. The third-order valence-corrected chi connectivity index (χ3v) is 17.3. The summed E-state index contributed by atoms with van der Waals surface area (Å²) in [5, 5.41) is 0. The summed E-state index contributed by atoms with van der Waals surface area (Å²) in [4.78, 5) is 35.3. The van der Waals surface area contributed by atoms with Crippen molar-refractivity contribution < 1.29 is 37.6 Å². The molecule has 0 aliphatic heterocycles. The van der Waals surface area contributed by atoms with Crippen LogP contribution in [-0.2, 0) is 32.7 Å². The van der Waals surface area contributed by atoms with Crippen LogP contribution in [0.1, 0.15) is 386 Å². The number of carbonyl (C=O) groups excluding carboxylic acids is 2. The average molecular weight is 1160 g/mol. The predicted molar refractivity (Wildman–Crippen MR) is 349 cm³/mol. The number of allylic oxidation sites excluding steroid dienone is 4. The van der Waals surface area contributed by atoms with Crippen LogP contribution in [0.5, 0.6) is 0 Å². The van der Waals surface area contributed by atoms with Gasteiger partial charge in [-0.25, -0.2) is 4.57 Å². The Morgan fingerprint density at radius 3 is 0.938 bits per heavy atom. The normalized spacial score (nSPS) is 13.0. The summed E-state index contributed by atoms with van der Waals surface area (Å²) in [6, 6.07) is 0. The number of nitrogens with two attached hydrogens (primary N) is 1. The molecule has 0 saturated carbocycles. The molecular weight excluding hydrogens is 1030 g/mol. The highest BCUT2D eigenvalue weighted by molar-refractivity contribution is 7.47. The molecule has 2 unspecified atom stereocenters. The molecule has 0 bridgehead atoms. The maximum Gasteiger partial charge on any atom is 0.472 e. The van der Waals surface area contributed by atoms with E-state index in [1.807, 2.05) is 0 Å². The largest absolute Gasteiger partial charge is 0.472 e. The number of carbonyl (C=O) groups is 2. The first-order valence-corrected chi connectivity index (χ1v) is 37.3. The van der Waals surface area contributed by atoms with Gasteiger partial charge in [0.25, 0.3) is 0 Å². The van der Waals surface area contributed by atoms with Crippen LogP contribution in [0.15, 0.2) is 24.3 Å². The minimum absolute atomic E-state index is 0.0556. The van der Waals surface area contributed by atoms with Crippen molar-refractivity contribution in [2.45, 2.75) is 392 Å². The molecule has 0 spiro atoms. The third-order valence-electron chi connectivity index (χ3n) is 16.3. The molecule has 0 aromatic heterocycles. The summed E-state index contributed by atoms with van der Waals surface area (Å²) in [6.07, 6.45) is 83.0. The van der Waals surface area contributed by atoms with Crippen molar-refractivity contribution in [3.63, 3.8) is 0 Å². The topological polar surface area (TPSA) is 134 Å². The molecule has 0 aliphatic rings.